The van der Waals surface area contributed by atoms with Gasteiger partial charge in [0.15, 0.2) is 0 Å². The first-order chi connectivity index (χ1) is 8.81. The highest BCUT2D eigenvalue weighted by atomic mass is 19.1. The first kappa shape index (κ1) is 10.7. The first-order valence-corrected chi connectivity index (χ1v) is 5.47. The highest BCUT2D eigenvalue weighted by Crippen LogP contribution is 2.19. The lowest BCUT2D eigenvalue weighted by atomic mass is 10.2. The van der Waals surface area contributed by atoms with Crippen molar-refractivity contribution in [3.8, 4) is 11.5 Å². The van der Waals surface area contributed by atoms with Crippen molar-refractivity contribution >= 4 is 0 Å². The van der Waals surface area contributed by atoms with E-state index in [1.807, 2.05) is 10.8 Å². The molecule has 5 heteroatoms. The lowest BCUT2D eigenvalue weighted by Gasteiger charge is -1.96. The molecule has 3 rings (SSSR count). The van der Waals surface area contributed by atoms with Crippen LogP contribution in [0.2, 0.25) is 0 Å². The van der Waals surface area contributed by atoms with Gasteiger partial charge in [-0.05, 0) is 24.3 Å². The van der Waals surface area contributed by atoms with Gasteiger partial charge >= 0.3 is 0 Å². The van der Waals surface area contributed by atoms with Crippen molar-refractivity contribution < 1.29 is 8.81 Å². The van der Waals surface area contributed by atoms with Crippen LogP contribution < -0.4 is 0 Å². The maximum Gasteiger partial charge on any atom is 0.226 e. The SMILES string of the molecule is Fc1ccc(-c2nc(Cn3ccnc3)co2)cc1. The molecule has 18 heavy (non-hydrogen) atoms. The summed E-state index contributed by atoms with van der Waals surface area (Å²) >= 11 is 0. The van der Waals surface area contributed by atoms with Crippen molar-refractivity contribution in [3.63, 3.8) is 0 Å². The molecular formula is C13H10FN3O. The maximum absolute atomic E-state index is 12.8. The highest BCUT2D eigenvalue weighted by Gasteiger charge is 2.07. The summed E-state index contributed by atoms with van der Waals surface area (Å²) in [4.78, 5) is 8.30. The minimum Gasteiger partial charge on any atom is -0.444 e. The number of imidazole rings is 1. The average molecular weight is 243 g/mol. The van der Waals surface area contributed by atoms with E-state index in [2.05, 4.69) is 9.97 Å². The molecule has 1 aromatic carbocycles. The second-order valence-electron chi connectivity index (χ2n) is 3.89. The Bertz CT molecular complexity index is 629. The Morgan fingerprint density at radius 1 is 1.22 bits per heavy atom. The topological polar surface area (TPSA) is 43.9 Å². The summed E-state index contributed by atoms with van der Waals surface area (Å²) in [6, 6.07) is 6.05. The van der Waals surface area contributed by atoms with Gasteiger partial charge in [0.25, 0.3) is 0 Å². The zero-order valence-electron chi connectivity index (χ0n) is 9.45. The van der Waals surface area contributed by atoms with E-state index in [-0.39, 0.29) is 5.82 Å². The monoisotopic (exact) mass is 243 g/mol. The standard InChI is InChI=1S/C13H10FN3O/c14-11-3-1-10(2-4-11)13-16-12(8-18-13)7-17-6-5-15-9-17/h1-6,8-9H,7H2. The van der Waals surface area contributed by atoms with E-state index < -0.39 is 0 Å². The summed E-state index contributed by atoms with van der Waals surface area (Å²) in [7, 11) is 0. The second kappa shape index (κ2) is 4.44. The molecule has 0 aliphatic rings. The average Bonchev–Trinajstić information content (AvgIpc) is 3.02. The van der Waals surface area contributed by atoms with Crippen molar-refractivity contribution in [1.82, 2.24) is 14.5 Å². The molecule has 0 aliphatic carbocycles. The summed E-state index contributed by atoms with van der Waals surface area (Å²) in [5.41, 5.74) is 1.56. The lowest BCUT2D eigenvalue weighted by molar-refractivity contribution is 0.571. The molecule has 90 valence electrons. The van der Waals surface area contributed by atoms with Gasteiger partial charge in [-0.15, -0.1) is 0 Å². The zero-order chi connectivity index (χ0) is 12.4. The summed E-state index contributed by atoms with van der Waals surface area (Å²) in [5, 5.41) is 0. The van der Waals surface area contributed by atoms with Crippen LogP contribution in [0.4, 0.5) is 4.39 Å². The molecule has 3 aromatic rings. The number of rotatable bonds is 3. The summed E-state index contributed by atoms with van der Waals surface area (Å²) in [6.45, 7) is 0.602. The summed E-state index contributed by atoms with van der Waals surface area (Å²) in [6.07, 6.45) is 6.87. The molecule has 0 fully saturated rings. The summed E-state index contributed by atoms with van der Waals surface area (Å²) < 4.78 is 20.1. The van der Waals surface area contributed by atoms with Crippen LogP contribution in [0.1, 0.15) is 5.69 Å². The van der Waals surface area contributed by atoms with Gasteiger partial charge in [-0.1, -0.05) is 0 Å². The van der Waals surface area contributed by atoms with Crippen LogP contribution in [0.5, 0.6) is 0 Å². The van der Waals surface area contributed by atoms with Gasteiger partial charge in [-0.25, -0.2) is 14.4 Å². The molecule has 0 radical (unpaired) electrons. The fourth-order valence-corrected chi connectivity index (χ4v) is 1.67. The maximum atomic E-state index is 12.8. The number of benzene rings is 1. The number of halogens is 1. The Morgan fingerprint density at radius 2 is 2.06 bits per heavy atom. The minimum atomic E-state index is -0.274. The number of hydrogen-bond donors (Lipinski definition) is 0. The third-order valence-corrected chi connectivity index (χ3v) is 2.55. The van der Waals surface area contributed by atoms with Gasteiger partial charge < -0.3 is 8.98 Å². The molecule has 2 aromatic heterocycles. The van der Waals surface area contributed by atoms with E-state index in [1.165, 1.54) is 12.1 Å². The number of aromatic nitrogens is 3. The van der Waals surface area contributed by atoms with Gasteiger partial charge in [-0.3, -0.25) is 0 Å². The van der Waals surface area contributed by atoms with Crippen LogP contribution in [-0.4, -0.2) is 14.5 Å². The van der Waals surface area contributed by atoms with Crippen LogP contribution in [0.15, 0.2) is 53.7 Å². The Hall–Kier alpha value is -2.43. The van der Waals surface area contributed by atoms with Crippen LogP contribution in [0, 0.1) is 5.82 Å². The highest BCUT2D eigenvalue weighted by molar-refractivity contribution is 5.52. The Balaban J connectivity index is 1.83. The van der Waals surface area contributed by atoms with Gasteiger partial charge in [0.05, 0.1) is 18.6 Å². The molecule has 0 spiro atoms. The van der Waals surface area contributed by atoms with E-state index in [1.54, 1.807) is 30.9 Å². The van der Waals surface area contributed by atoms with Crippen molar-refractivity contribution in [2.45, 2.75) is 6.54 Å². The molecule has 0 saturated carbocycles. The predicted octanol–water partition coefficient (Wildman–Crippen LogP) is 2.73. The zero-order valence-corrected chi connectivity index (χ0v) is 9.45. The molecular weight excluding hydrogens is 233 g/mol. The predicted molar refractivity (Wildman–Crippen MR) is 63.2 cm³/mol. The molecule has 0 atom stereocenters. The van der Waals surface area contributed by atoms with Crippen molar-refractivity contribution in [2.75, 3.05) is 0 Å². The molecule has 0 aliphatic heterocycles. The van der Waals surface area contributed by atoms with E-state index in [9.17, 15) is 4.39 Å². The number of hydrogen-bond acceptors (Lipinski definition) is 3. The van der Waals surface area contributed by atoms with Crippen molar-refractivity contribution in [1.29, 1.82) is 0 Å². The lowest BCUT2D eigenvalue weighted by Crippen LogP contribution is -1.96. The molecule has 4 nitrogen and oxygen atoms in total. The van der Waals surface area contributed by atoms with Gasteiger partial charge in [-0.2, -0.15) is 0 Å². The second-order valence-corrected chi connectivity index (χ2v) is 3.89. The molecule has 0 N–H and O–H groups in total. The Morgan fingerprint density at radius 3 is 2.78 bits per heavy atom. The van der Waals surface area contributed by atoms with Crippen LogP contribution >= 0.6 is 0 Å². The third-order valence-electron chi connectivity index (χ3n) is 2.55. The normalized spacial score (nSPS) is 10.7. The molecule has 2 heterocycles. The molecule has 0 saturated heterocycles. The van der Waals surface area contributed by atoms with Crippen LogP contribution in [0.25, 0.3) is 11.5 Å². The van der Waals surface area contributed by atoms with Crippen molar-refractivity contribution in [2.24, 2.45) is 0 Å². The van der Waals surface area contributed by atoms with E-state index in [0.717, 1.165) is 11.3 Å². The van der Waals surface area contributed by atoms with E-state index >= 15 is 0 Å². The quantitative estimate of drug-likeness (QED) is 0.710. The van der Waals surface area contributed by atoms with Crippen LogP contribution in [0.3, 0.4) is 0 Å². The molecule has 0 bridgehead atoms. The number of nitrogens with zero attached hydrogens (tertiary/aromatic N) is 3. The van der Waals surface area contributed by atoms with Gasteiger partial charge in [0, 0.05) is 18.0 Å². The molecule has 0 unspecified atom stereocenters. The van der Waals surface area contributed by atoms with E-state index in [0.29, 0.717) is 12.4 Å². The van der Waals surface area contributed by atoms with Crippen LogP contribution in [-0.2, 0) is 6.54 Å². The molecule has 0 amide bonds. The van der Waals surface area contributed by atoms with E-state index in [4.69, 9.17) is 4.42 Å². The third kappa shape index (κ3) is 2.15. The van der Waals surface area contributed by atoms with Gasteiger partial charge in [0.2, 0.25) is 5.89 Å². The first-order valence-electron chi connectivity index (χ1n) is 5.47. The largest absolute Gasteiger partial charge is 0.444 e. The Labute approximate surface area is 103 Å². The van der Waals surface area contributed by atoms with Gasteiger partial charge in [0.1, 0.15) is 12.1 Å². The summed E-state index contributed by atoms with van der Waals surface area (Å²) in [5.74, 6) is 0.217. The number of oxazole rings is 1. The minimum absolute atomic E-state index is 0.274. The smallest absolute Gasteiger partial charge is 0.226 e. The fraction of sp³-hybridized carbons (Fsp3) is 0.0769. The fourth-order valence-electron chi connectivity index (χ4n) is 1.67. The Kier molecular flexibility index (Phi) is 2.64. The van der Waals surface area contributed by atoms with Crippen molar-refractivity contribution in [3.05, 3.63) is 60.8 Å².